The zero-order valence-electron chi connectivity index (χ0n) is 6.96. The Hall–Kier alpha value is -1.16. The molecule has 0 spiro atoms. The standard InChI is InChI=1S/C9H8F2O2/c1-5-9(12-5)13-8-3-2-6(10)4-7(8)11/h2-5,9H,1H3. The van der Waals surface area contributed by atoms with Crippen molar-refractivity contribution in [3.63, 3.8) is 0 Å². The second-order valence-corrected chi connectivity index (χ2v) is 2.90. The molecule has 1 aromatic rings. The normalized spacial score (nSPS) is 25.8. The molecule has 1 saturated heterocycles. The third-order valence-electron chi connectivity index (χ3n) is 1.79. The molecule has 1 aliphatic heterocycles. The lowest BCUT2D eigenvalue weighted by Crippen LogP contribution is -2.02. The van der Waals surface area contributed by atoms with Crippen molar-refractivity contribution in [2.75, 3.05) is 0 Å². The van der Waals surface area contributed by atoms with E-state index in [1.807, 2.05) is 6.92 Å². The van der Waals surface area contributed by atoms with Gasteiger partial charge in [-0.25, -0.2) is 8.78 Å². The molecule has 1 heterocycles. The fourth-order valence-corrected chi connectivity index (χ4v) is 0.986. The number of ether oxygens (including phenoxy) is 2. The molecule has 0 aliphatic carbocycles. The van der Waals surface area contributed by atoms with Crippen LogP contribution in [0, 0.1) is 11.6 Å². The highest BCUT2D eigenvalue weighted by Gasteiger charge is 2.37. The maximum atomic E-state index is 12.9. The maximum Gasteiger partial charge on any atom is 0.226 e. The van der Waals surface area contributed by atoms with Crippen LogP contribution in [0.1, 0.15) is 6.92 Å². The Bertz CT molecular complexity index is 327. The van der Waals surface area contributed by atoms with Crippen molar-refractivity contribution in [3.8, 4) is 5.75 Å². The number of epoxide rings is 1. The predicted molar refractivity (Wildman–Crippen MR) is 41.3 cm³/mol. The van der Waals surface area contributed by atoms with Crippen LogP contribution >= 0.6 is 0 Å². The summed E-state index contributed by atoms with van der Waals surface area (Å²) in [6, 6.07) is 3.17. The Morgan fingerprint density at radius 2 is 2.08 bits per heavy atom. The van der Waals surface area contributed by atoms with Crippen LogP contribution in [0.3, 0.4) is 0 Å². The molecule has 0 radical (unpaired) electrons. The largest absolute Gasteiger partial charge is 0.459 e. The van der Waals surface area contributed by atoms with Crippen LogP contribution in [-0.2, 0) is 4.74 Å². The highest BCUT2D eigenvalue weighted by molar-refractivity contribution is 5.25. The van der Waals surface area contributed by atoms with Crippen LogP contribution in [0.25, 0.3) is 0 Å². The molecule has 2 atom stereocenters. The molecule has 2 rings (SSSR count). The first-order valence-corrected chi connectivity index (χ1v) is 3.94. The Morgan fingerprint density at radius 3 is 2.62 bits per heavy atom. The molecule has 2 unspecified atom stereocenters. The summed E-state index contributed by atoms with van der Waals surface area (Å²) in [6.45, 7) is 1.81. The molecule has 0 aromatic heterocycles. The van der Waals surface area contributed by atoms with Gasteiger partial charge < -0.3 is 9.47 Å². The van der Waals surface area contributed by atoms with E-state index in [4.69, 9.17) is 9.47 Å². The second kappa shape index (κ2) is 2.96. The van der Waals surface area contributed by atoms with Gasteiger partial charge in [0.15, 0.2) is 11.6 Å². The molecule has 70 valence electrons. The summed E-state index contributed by atoms with van der Waals surface area (Å²) in [4.78, 5) is 0. The van der Waals surface area contributed by atoms with E-state index in [0.29, 0.717) is 0 Å². The van der Waals surface area contributed by atoms with Crippen molar-refractivity contribution < 1.29 is 18.3 Å². The van der Waals surface area contributed by atoms with Crippen molar-refractivity contribution in [2.45, 2.75) is 19.3 Å². The zero-order valence-corrected chi connectivity index (χ0v) is 6.96. The fourth-order valence-electron chi connectivity index (χ4n) is 0.986. The van der Waals surface area contributed by atoms with E-state index in [-0.39, 0.29) is 18.1 Å². The summed E-state index contributed by atoms with van der Waals surface area (Å²) < 4.78 is 35.4. The quantitative estimate of drug-likeness (QED) is 0.659. The third-order valence-corrected chi connectivity index (χ3v) is 1.79. The van der Waals surface area contributed by atoms with Crippen molar-refractivity contribution in [2.24, 2.45) is 0 Å². The summed E-state index contributed by atoms with van der Waals surface area (Å²) >= 11 is 0. The van der Waals surface area contributed by atoms with Gasteiger partial charge in [-0.3, -0.25) is 0 Å². The van der Waals surface area contributed by atoms with E-state index in [1.54, 1.807) is 0 Å². The van der Waals surface area contributed by atoms with Crippen molar-refractivity contribution in [1.82, 2.24) is 0 Å². The second-order valence-electron chi connectivity index (χ2n) is 2.90. The van der Waals surface area contributed by atoms with Gasteiger partial charge in [0, 0.05) is 6.07 Å². The molecule has 0 N–H and O–H groups in total. The fraction of sp³-hybridized carbons (Fsp3) is 0.333. The Kier molecular flexibility index (Phi) is 1.92. The number of benzene rings is 1. The van der Waals surface area contributed by atoms with Crippen LogP contribution in [0.4, 0.5) is 8.78 Å². The van der Waals surface area contributed by atoms with Gasteiger partial charge in [0.1, 0.15) is 11.9 Å². The van der Waals surface area contributed by atoms with Crippen LogP contribution in [0.15, 0.2) is 18.2 Å². The Balaban J connectivity index is 2.11. The highest BCUT2D eigenvalue weighted by Crippen LogP contribution is 2.27. The third kappa shape index (κ3) is 1.78. The average molecular weight is 186 g/mol. The first-order valence-electron chi connectivity index (χ1n) is 3.94. The zero-order chi connectivity index (χ0) is 9.42. The van der Waals surface area contributed by atoms with E-state index in [2.05, 4.69) is 0 Å². The topological polar surface area (TPSA) is 21.8 Å². The minimum absolute atomic E-state index is 0.00977. The Labute approximate surface area is 74.1 Å². The molecule has 0 amide bonds. The van der Waals surface area contributed by atoms with Crippen LogP contribution < -0.4 is 4.74 Å². The number of hydrogen-bond donors (Lipinski definition) is 0. The molecule has 1 fully saturated rings. The van der Waals surface area contributed by atoms with Gasteiger partial charge in [-0.05, 0) is 19.1 Å². The van der Waals surface area contributed by atoms with Gasteiger partial charge >= 0.3 is 0 Å². The summed E-state index contributed by atoms with van der Waals surface area (Å²) in [5.74, 6) is -1.30. The molecule has 1 aromatic carbocycles. The maximum absolute atomic E-state index is 12.9. The lowest BCUT2D eigenvalue weighted by Gasteiger charge is -2.02. The van der Waals surface area contributed by atoms with Crippen LogP contribution in [0.5, 0.6) is 5.75 Å². The van der Waals surface area contributed by atoms with Crippen molar-refractivity contribution in [3.05, 3.63) is 29.8 Å². The average Bonchev–Trinajstić information content (AvgIpc) is 2.73. The van der Waals surface area contributed by atoms with Gasteiger partial charge in [-0.15, -0.1) is 0 Å². The summed E-state index contributed by atoms with van der Waals surface area (Å²) in [6.07, 6.45) is -0.399. The number of rotatable bonds is 2. The molecule has 2 nitrogen and oxygen atoms in total. The van der Waals surface area contributed by atoms with Gasteiger partial charge in [0.25, 0.3) is 0 Å². The van der Waals surface area contributed by atoms with Crippen molar-refractivity contribution in [1.29, 1.82) is 0 Å². The number of halogens is 2. The lowest BCUT2D eigenvalue weighted by molar-refractivity contribution is 0.172. The SMILES string of the molecule is CC1OC1Oc1ccc(F)cc1F. The molecule has 4 heteroatoms. The highest BCUT2D eigenvalue weighted by atomic mass is 19.1. The molecule has 1 aliphatic rings. The molecule has 0 saturated carbocycles. The van der Waals surface area contributed by atoms with E-state index in [9.17, 15) is 8.78 Å². The summed E-state index contributed by atoms with van der Waals surface area (Å²) in [5.41, 5.74) is 0. The predicted octanol–water partition coefficient (Wildman–Crippen LogP) is 2.09. The minimum atomic E-state index is -0.706. The van der Waals surface area contributed by atoms with E-state index in [1.165, 1.54) is 6.07 Å². The van der Waals surface area contributed by atoms with Gasteiger partial charge in [0.05, 0.1) is 0 Å². The summed E-state index contributed by atoms with van der Waals surface area (Å²) in [7, 11) is 0. The molecular formula is C9H8F2O2. The van der Waals surface area contributed by atoms with Crippen molar-refractivity contribution >= 4 is 0 Å². The molecule has 13 heavy (non-hydrogen) atoms. The minimum Gasteiger partial charge on any atom is -0.459 e. The summed E-state index contributed by atoms with van der Waals surface area (Å²) in [5, 5.41) is 0. The van der Waals surface area contributed by atoms with Crippen LogP contribution in [-0.4, -0.2) is 12.4 Å². The number of hydrogen-bond acceptors (Lipinski definition) is 2. The van der Waals surface area contributed by atoms with E-state index < -0.39 is 11.6 Å². The van der Waals surface area contributed by atoms with Gasteiger partial charge in [-0.2, -0.15) is 0 Å². The smallest absolute Gasteiger partial charge is 0.226 e. The first kappa shape index (κ1) is 8.44. The lowest BCUT2D eigenvalue weighted by atomic mass is 10.3. The first-order chi connectivity index (χ1) is 6.16. The molecule has 0 bridgehead atoms. The molecular weight excluding hydrogens is 178 g/mol. The van der Waals surface area contributed by atoms with E-state index in [0.717, 1.165) is 12.1 Å². The monoisotopic (exact) mass is 186 g/mol. The van der Waals surface area contributed by atoms with Gasteiger partial charge in [-0.1, -0.05) is 0 Å². The van der Waals surface area contributed by atoms with Crippen LogP contribution in [0.2, 0.25) is 0 Å². The van der Waals surface area contributed by atoms with E-state index >= 15 is 0 Å². The Morgan fingerprint density at radius 1 is 1.38 bits per heavy atom. The van der Waals surface area contributed by atoms with Gasteiger partial charge in [0.2, 0.25) is 6.29 Å².